The minimum atomic E-state index is -2.26. The van der Waals surface area contributed by atoms with Gasteiger partial charge in [0.1, 0.15) is 0 Å². The fraction of sp³-hybridized carbons (Fsp3) is 0.786. The van der Waals surface area contributed by atoms with Gasteiger partial charge in [-0.3, -0.25) is 0 Å². The number of rotatable bonds is 7. The second-order valence-electron chi connectivity index (χ2n) is 11.5. The minimum Gasteiger partial charge on any atom is -0.339 e. The predicted molar refractivity (Wildman–Crippen MR) is 125 cm³/mol. The second kappa shape index (κ2) is 10.9. The molecule has 3 aliphatic rings. The molecule has 0 amide bonds. The van der Waals surface area contributed by atoms with Gasteiger partial charge in [-0.1, -0.05) is 52.4 Å². The number of aliphatic hydroxyl groups is 1. The van der Waals surface area contributed by atoms with Crippen LogP contribution < -0.4 is 0 Å². The molecule has 0 aromatic heterocycles. The van der Waals surface area contributed by atoms with E-state index in [1.807, 2.05) is 0 Å². The molecule has 0 unspecified atom stereocenters. The molecule has 4 rings (SSSR count). The molecule has 1 saturated heterocycles. The Morgan fingerprint density at radius 3 is 1.91 bits per heavy atom. The summed E-state index contributed by atoms with van der Waals surface area (Å²) < 4.78 is 51.9. The maximum atomic E-state index is 13.7. The smallest absolute Gasteiger partial charge is 0.309 e. The Bertz CT molecular complexity index is 782. The van der Waals surface area contributed by atoms with Gasteiger partial charge in [-0.15, -0.1) is 0 Å². The van der Waals surface area contributed by atoms with Crippen molar-refractivity contribution in [2.24, 2.45) is 29.1 Å². The van der Waals surface area contributed by atoms with Gasteiger partial charge in [-0.05, 0) is 74.3 Å². The Morgan fingerprint density at radius 2 is 1.38 bits per heavy atom. The molecular formula is C28H41F3O3. The standard InChI is InChI=1S/C28H41F3O3/c1-3-4-5-6-19-7-9-20(10-8-19)21-11-13-22(14-12-21)27(2)17-33-28(32,34-18-27)23-15-24(29)26(31)25(30)16-23/h15-16,19-22,32H,3-14,17-18H2,1-2H3. The van der Waals surface area contributed by atoms with Crippen molar-refractivity contribution in [3.05, 3.63) is 35.1 Å². The third-order valence-electron chi connectivity index (χ3n) is 9.08. The molecular weight excluding hydrogens is 441 g/mol. The van der Waals surface area contributed by atoms with Crippen LogP contribution in [0, 0.1) is 46.5 Å². The van der Waals surface area contributed by atoms with Crippen molar-refractivity contribution in [3.63, 3.8) is 0 Å². The molecule has 3 fully saturated rings. The quantitative estimate of drug-likeness (QED) is 0.324. The van der Waals surface area contributed by atoms with Crippen LogP contribution in [-0.2, 0) is 15.4 Å². The molecule has 3 nitrogen and oxygen atoms in total. The Hall–Kier alpha value is -1.11. The van der Waals surface area contributed by atoms with Crippen LogP contribution in [0.25, 0.3) is 0 Å². The van der Waals surface area contributed by atoms with Crippen molar-refractivity contribution < 1.29 is 27.8 Å². The van der Waals surface area contributed by atoms with E-state index in [9.17, 15) is 18.3 Å². The zero-order valence-electron chi connectivity index (χ0n) is 20.8. The van der Waals surface area contributed by atoms with E-state index in [1.54, 1.807) is 0 Å². The third kappa shape index (κ3) is 5.65. The lowest BCUT2D eigenvalue weighted by Gasteiger charge is -2.48. The summed E-state index contributed by atoms with van der Waals surface area (Å²) in [6.07, 6.45) is 15.7. The summed E-state index contributed by atoms with van der Waals surface area (Å²) in [6, 6.07) is 1.45. The van der Waals surface area contributed by atoms with E-state index in [-0.39, 0.29) is 24.2 Å². The number of hydrogen-bond acceptors (Lipinski definition) is 3. The number of unbranched alkanes of at least 4 members (excludes halogenated alkanes) is 2. The number of ether oxygens (including phenoxy) is 2. The monoisotopic (exact) mass is 482 g/mol. The molecule has 2 aliphatic carbocycles. The van der Waals surface area contributed by atoms with Crippen LogP contribution in [0.2, 0.25) is 0 Å². The highest BCUT2D eigenvalue weighted by molar-refractivity contribution is 5.22. The van der Waals surface area contributed by atoms with Gasteiger partial charge in [0, 0.05) is 11.0 Å². The maximum absolute atomic E-state index is 13.7. The number of hydrogen-bond donors (Lipinski definition) is 1. The fourth-order valence-electron chi connectivity index (χ4n) is 6.67. The van der Waals surface area contributed by atoms with Crippen molar-refractivity contribution >= 4 is 0 Å². The first-order chi connectivity index (χ1) is 16.2. The van der Waals surface area contributed by atoms with Crippen LogP contribution in [0.15, 0.2) is 12.1 Å². The van der Waals surface area contributed by atoms with Crippen LogP contribution >= 0.6 is 0 Å². The van der Waals surface area contributed by atoms with Crippen molar-refractivity contribution in [1.82, 2.24) is 0 Å². The van der Waals surface area contributed by atoms with Gasteiger partial charge in [-0.25, -0.2) is 13.2 Å². The summed E-state index contributed by atoms with van der Waals surface area (Å²) in [4.78, 5) is 0. The highest BCUT2D eigenvalue weighted by Gasteiger charge is 2.48. The average Bonchev–Trinajstić information content (AvgIpc) is 2.85. The van der Waals surface area contributed by atoms with Crippen LogP contribution in [0.5, 0.6) is 0 Å². The third-order valence-corrected chi connectivity index (χ3v) is 9.08. The van der Waals surface area contributed by atoms with Gasteiger partial charge in [0.2, 0.25) is 0 Å². The summed E-state index contributed by atoms with van der Waals surface area (Å²) in [5.41, 5.74) is -0.536. The van der Waals surface area contributed by atoms with E-state index in [1.165, 1.54) is 64.2 Å². The first-order valence-electron chi connectivity index (χ1n) is 13.4. The lowest BCUT2D eigenvalue weighted by molar-refractivity contribution is -0.419. The molecule has 1 aliphatic heterocycles. The minimum absolute atomic E-state index is 0.225. The molecule has 6 heteroatoms. The zero-order valence-corrected chi connectivity index (χ0v) is 20.8. The lowest BCUT2D eigenvalue weighted by atomic mass is 9.63. The van der Waals surface area contributed by atoms with E-state index in [0.717, 1.165) is 42.7 Å². The van der Waals surface area contributed by atoms with E-state index >= 15 is 0 Å². The first kappa shape index (κ1) is 26.0. The Balaban J connectivity index is 1.26. The highest BCUT2D eigenvalue weighted by Crippen LogP contribution is 2.49. The maximum Gasteiger partial charge on any atom is 0.309 e. The summed E-state index contributed by atoms with van der Waals surface area (Å²) in [6.45, 7) is 4.82. The molecule has 1 aromatic rings. The van der Waals surface area contributed by atoms with Gasteiger partial charge < -0.3 is 14.6 Å². The van der Waals surface area contributed by atoms with Gasteiger partial charge in [0.05, 0.1) is 13.2 Å². The second-order valence-corrected chi connectivity index (χ2v) is 11.5. The van der Waals surface area contributed by atoms with E-state index < -0.39 is 23.4 Å². The van der Waals surface area contributed by atoms with Crippen molar-refractivity contribution in [1.29, 1.82) is 0 Å². The van der Waals surface area contributed by atoms with Crippen LogP contribution in [0.4, 0.5) is 13.2 Å². The molecule has 0 bridgehead atoms. The molecule has 0 radical (unpaired) electrons. The molecule has 34 heavy (non-hydrogen) atoms. The number of halogens is 3. The van der Waals surface area contributed by atoms with E-state index in [0.29, 0.717) is 5.92 Å². The van der Waals surface area contributed by atoms with Crippen molar-refractivity contribution in [2.75, 3.05) is 13.2 Å². The SMILES string of the molecule is CCCCCC1CCC(C2CCC(C3(C)COC(O)(c4cc(F)c(F)c(F)c4)OC3)CC2)CC1. The lowest BCUT2D eigenvalue weighted by Crippen LogP contribution is -2.50. The molecule has 1 N–H and O–H groups in total. The van der Waals surface area contributed by atoms with Crippen molar-refractivity contribution in [3.8, 4) is 0 Å². The Morgan fingerprint density at radius 1 is 0.853 bits per heavy atom. The number of benzene rings is 1. The molecule has 2 saturated carbocycles. The summed E-state index contributed by atoms with van der Waals surface area (Å²) in [5, 5.41) is 10.7. The fourth-order valence-corrected chi connectivity index (χ4v) is 6.67. The molecule has 0 atom stereocenters. The zero-order chi connectivity index (χ0) is 24.3. The molecule has 0 spiro atoms. The normalized spacial score (nSPS) is 37.0. The summed E-state index contributed by atoms with van der Waals surface area (Å²) >= 11 is 0. The highest BCUT2D eigenvalue weighted by atomic mass is 19.2. The van der Waals surface area contributed by atoms with Gasteiger partial charge in [0.15, 0.2) is 17.5 Å². The summed E-state index contributed by atoms with van der Waals surface area (Å²) in [5.74, 6) is -3.56. The topological polar surface area (TPSA) is 38.7 Å². The largest absolute Gasteiger partial charge is 0.339 e. The molecule has 1 heterocycles. The first-order valence-corrected chi connectivity index (χ1v) is 13.4. The van der Waals surface area contributed by atoms with E-state index in [4.69, 9.17) is 9.47 Å². The Labute approximate surface area is 202 Å². The Kier molecular flexibility index (Phi) is 8.31. The average molecular weight is 483 g/mol. The van der Waals surface area contributed by atoms with Crippen LogP contribution in [0.1, 0.15) is 96.5 Å². The van der Waals surface area contributed by atoms with Crippen LogP contribution in [0.3, 0.4) is 0 Å². The predicted octanol–water partition coefficient (Wildman–Crippen LogP) is 7.45. The van der Waals surface area contributed by atoms with Crippen molar-refractivity contribution in [2.45, 2.75) is 96.9 Å². The molecule has 1 aromatic carbocycles. The van der Waals surface area contributed by atoms with Gasteiger partial charge in [-0.2, -0.15) is 0 Å². The van der Waals surface area contributed by atoms with E-state index in [2.05, 4.69) is 13.8 Å². The van der Waals surface area contributed by atoms with Crippen LogP contribution in [-0.4, -0.2) is 18.3 Å². The van der Waals surface area contributed by atoms with Gasteiger partial charge >= 0.3 is 5.97 Å². The van der Waals surface area contributed by atoms with Gasteiger partial charge in [0.25, 0.3) is 0 Å². The molecule has 192 valence electrons. The summed E-state index contributed by atoms with van der Waals surface area (Å²) in [7, 11) is 0.